The number of aromatic nitrogens is 1. The van der Waals surface area contributed by atoms with E-state index >= 15 is 0 Å². The average Bonchev–Trinajstić information content (AvgIpc) is 2.52. The maximum Gasteiger partial charge on any atom is 0.271 e. The predicted octanol–water partition coefficient (Wildman–Crippen LogP) is 1.54. The summed E-state index contributed by atoms with van der Waals surface area (Å²) in [6.45, 7) is 1.91. The summed E-state index contributed by atoms with van der Waals surface area (Å²) in [5.74, 6) is -0.135. The molecule has 0 radical (unpaired) electrons. The number of allylic oxidation sites excluding steroid dienone is 1. The minimum atomic E-state index is -0.135. The summed E-state index contributed by atoms with van der Waals surface area (Å²) in [4.78, 5) is 16.0. The molecular weight excluding hydrogens is 172 g/mol. The summed E-state index contributed by atoms with van der Waals surface area (Å²) < 4.78 is 0. The van der Waals surface area contributed by atoms with E-state index in [4.69, 9.17) is 0 Å². The van der Waals surface area contributed by atoms with Crippen LogP contribution >= 0.6 is 11.3 Å². The Hall–Kier alpha value is -1.16. The van der Waals surface area contributed by atoms with Gasteiger partial charge in [0.2, 0.25) is 0 Å². The molecule has 12 heavy (non-hydrogen) atoms. The first-order valence-electron chi connectivity index (χ1n) is 3.58. The third-order valence-corrected chi connectivity index (χ3v) is 2.15. The Morgan fingerprint density at radius 2 is 2.50 bits per heavy atom. The van der Waals surface area contributed by atoms with E-state index in [0.717, 1.165) is 4.88 Å². The van der Waals surface area contributed by atoms with Crippen LogP contribution in [0.25, 0.3) is 6.08 Å². The molecular formula is C8H10N2OS. The fourth-order valence-corrected chi connectivity index (χ4v) is 1.56. The second-order valence-electron chi connectivity index (χ2n) is 2.14. The lowest BCUT2D eigenvalue weighted by Gasteiger charge is -1.94. The predicted molar refractivity (Wildman–Crippen MR) is 50.2 cm³/mol. The van der Waals surface area contributed by atoms with Crippen LogP contribution in [0.15, 0.2) is 11.6 Å². The summed E-state index contributed by atoms with van der Waals surface area (Å²) in [6, 6.07) is 0. The largest absolute Gasteiger partial charge is 0.354 e. The Morgan fingerprint density at radius 1 is 1.75 bits per heavy atom. The van der Waals surface area contributed by atoms with E-state index in [1.165, 1.54) is 11.3 Å². The first-order chi connectivity index (χ1) is 5.79. The Kier molecular flexibility index (Phi) is 2.99. The summed E-state index contributed by atoms with van der Waals surface area (Å²) in [7, 11) is 1.60. The number of rotatable bonds is 2. The molecule has 64 valence electrons. The standard InChI is InChI=1S/C8H10N2OS/c1-3-4-6-7(8(11)9-2)10-5-12-6/h3-5H,1-2H3,(H,9,11)/b4-3-. The Balaban J connectivity index is 2.98. The van der Waals surface area contributed by atoms with Gasteiger partial charge in [0, 0.05) is 7.05 Å². The molecule has 1 aromatic rings. The van der Waals surface area contributed by atoms with Crippen LogP contribution in [0.4, 0.5) is 0 Å². The first-order valence-corrected chi connectivity index (χ1v) is 4.45. The van der Waals surface area contributed by atoms with Crippen molar-refractivity contribution in [3.8, 4) is 0 Å². The van der Waals surface area contributed by atoms with Crippen LogP contribution in [0.1, 0.15) is 22.3 Å². The van der Waals surface area contributed by atoms with Crippen molar-refractivity contribution < 1.29 is 4.79 Å². The maximum absolute atomic E-state index is 11.2. The Morgan fingerprint density at radius 3 is 3.08 bits per heavy atom. The zero-order valence-electron chi connectivity index (χ0n) is 7.00. The molecule has 4 heteroatoms. The fourth-order valence-electron chi connectivity index (χ4n) is 0.814. The number of nitrogens with zero attached hydrogens (tertiary/aromatic N) is 1. The molecule has 1 aromatic heterocycles. The van der Waals surface area contributed by atoms with Crippen molar-refractivity contribution in [3.05, 3.63) is 22.2 Å². The molecule has 0 unspecified atom stereocenters. The maximum atomic E-state index is 11.2. The summed E-state index contributed by atoms with van der Waals surface area (Å²) >= 11 is 1.46. The smallest absolute Gasteiger partial charge is 0.271 e. The molecule has 1 heterocycles. The van der Waals surface area contributed by atoms with Crippen molar-refractivity contribution in [2.24, 2.45) is 0 Å². The second kappa shape index (κ2) is 4.01. The highest BCUT2D eigenvalue weighted by atomic mass is 32.1. The minimum Gasteiger partial charge on any atom is -0.354 e. The zero-order valence-corrected chi connectivity index (χ0v) is 7.81. The molecule has 0 aromatic carbocycles. The Labute approximate surface area is 75.1 Å². The van der Waals surface area contributed by atoms with Gasteiger partial charge in [-0.15, -0.1) is 11.3 Å². The van der Waals surface area contributed by atoms with Gasteiger partial charge >= 0.3 is 0 Å². The molecule has 0 aliphatic heterocycles. The number of carbonyl (C=O) groups excluding carboxylic acids is 1. The molecule has 1 N–H and O–H groups in total. The monoisotopic (exact) mass is 182 g/mol. The Bertz CT molecular complexity index is 304. The number of hydrogen-bond donors (Lipinski definition) is 1. The summed E-state index contributed by atoms with van der Waals surface area (Å²) in [6.07, 6.45) is 3.77. The van der Waals surface area contributed by atoms with Gasteiger partial charge in [-0.2, -0.15) is 0 Å². The molecule has 0 spiro atoms. The van der Waals surface area contributed by atoms with Crippen LogP contribution in [0.5, 0.6) is 0 Å². The normalized spacial score (nSPS) is 10.5. The van der Waals surface area contributed by atoms with Gasteiger partial charge in [0.05, 0.1) is 10.4 Å². The molecule has 0 fully saturated rings. The quantitative estimate of drug-likeness (QED) is 0.753. The minimum absolute atomic E-state index is 0.135. The number of thiazole rings is 1. The number of carbonyl (C=O) groups is 1. The van der Waals surface area contributed by atoms with Crippen LogP contribution in [0.3, 0.4) is 0 Å². The summed E-state index contributed by atoms with van der Waals surface area (Å²) in [5.41, 5.74) is 2.17. The van der Waals surface area contributed by atoms with Crippen LogP contribution in [0.2, 0.25) is 0 Å². The molecule has 0 saturated carbocycles. The summed E-state index contributed by atoms with van der Waals surface area (Å²) in [5, 5.41) is 2.54. The van der Waals surface area contributed by atoms with Crippen molar-refractivity contribution in [3.63, 3.8) is 0 Å². The molecule has 0 aliphatic rings. The van der Waals surface area contributed by atoms with Gasteiger partial charge in [0.25, 0.3) is 5.91 Å². The number of hydrogen-bond acceptors (Lipinski definition) is 3. The zero-order chi connectivity index (χ0) is 8.97. The lowest BCUT2D eigenvalue weighted by molar-refractivity contribution is 0.0958. The molecule has 3 nitrogen and oxygen atoms in total. The highest BCUT2D eigenvalue weighted by molar-refractivity contribution is 7.10. The van der Waals surface area contributed by atoms with Crippen LogP contribution < -0.4 is 5.32 Å². The van der Waals surface area contributed by atoms with Crippen LogP contribution in [0, 0.1) is 0 Å². The molecule has 0 aliphatic carbocycles. The van der Waals surface area contributed by atoms with Gasteiger partial charge in [-0.25, -0.2) is 4.98 Å². The van der Waals surface area contributed by atoms with Gasteiger partial charge in [-0.05, 0) is 13.0 Å². The highest BCUT2D eigenvalue weighted by Gasteiger charge is 2.09. The average molecular weight is 182 g/mol. The van der Waals surface area contributed by atoms with Gasteiger partial charge in [0.15, 0.2) is 0 Å². The number of nitrogens with one attached hydrogen (secondary N) is 1. The van der Waals surface area contributed by atoms with Crippen molar-refractivity contribution >= 4 is 23.3 Å². The number of amides is 1. The topological polar surface area (TPSA) is 42.0 Å². The van der Waals surface area contributed by atoms with E-state index in [0.29, 0.717) is 5.69 Å². The lowest BCUT2D eigenvalue weighted by Crippen LogP contribution is -2.18. The van der Waals surface area contributed by atoms with Crippen molar-refractivity contribution in [1.29, 1.82) is 0 Å². The second-order valence-corrected chi connectivity index (χ2v) is 3.03. The molecule has 1 rings (SSSR count). The van der Waals surface area contributed by atoms with Crippen molar-refractivity contribution in [2.75, 3.05) is 7.05 Å². The van der Waals surface area contributed by atoms with E-state index in [1.807, 2.05) is 19.1 Å². The lowest BCUT2D eigenvalue weighted by atomic mass is 10.3. The van der Waals surface area contributed by atoms with E-state index in [1.54, 1.807) is 12.6 Å². The third kappa shape index (κ3) is 1.71. The SMILES string of the molecule is C/C=C\c1scnc1C(=O)NC. The van der Waals surface area contributed by atoms with E-state index in [-0.39, 0.29) is 5.91 Å². The van der Waals surface area contributed by atoms with Crippen LogP contribution in [-0.2, 0) is 0 Å². The molecule has 1 amide bonds. The van der Waals surface area contributed by atoms with Crippen molar-refractivity contribution in [2.45, 2.75) is 6.92 Å². The van der Waals surface area contributed by atoms with E-state index in [2.05, 4.69) is 10.3 Å². The van der Waals surface area contributed by atoms with Gasteiger partial charge in [0.1, 0.15) is 5.69 Å². The first kappa shape index (κ1) is 8.93. The van der Waals surface area contributed by atoms with Gasteiger partial charge < -0.3 is 5.32 Å². The van der Waals surface area contributed by atoms with E-state index < -0.39 is 0 Å². The molecule has 0 saturated heterocycles. The molecule has 0 bridgehead atoms. The molecule has 0 atom stereocenters. The van der Waals surface area contributed by atoms with Gasteiger partial charge in [-0.1, -0.05) is 6.08 Å². The van der Waals surface area contributed by atoms with Crippen LogP contribution in [-0.4, -0.2) is 17.9 Å². The van der Waals surface area contributed by atoms with E-state index in [9.17, 15) is 4.79 Å². The fraction of sp³-hybridized carbons (Fsp3) is 0.250. The van der Waals surface area contributed by atoms with Gasteiger partial charge in [-0.3, -0.25) is 4.79 Å². The third-order valence-electron chi connectivity index (χ3n) is 1.36. The van der Waals surface area contributed by atoms with Crippen molar-refractivity contribution in [1.82, 2.24) is 10.3 Å². The highest BCUT2D eigenvalue weighted by Crippen LogP contribution is 2.14.